The molecule has 0 spiro atoms. The van der Waals surface area contributed by atoms with Crippen molar-refractivity contribution in [2.24, 2.45) is 0 Å². The van der Waals surface area contributed by atoms with Crippen LogP contribution in [-0.4, -0.2) is 29.9 Å². The van der Waals surface area contributed by atoms with Crippen LogP contribution in [0.5, 0.6) is 0 Å². The van der Waals surface area contributed by atoms with Crippen LogP contribution in [0.25, 0.3) is 0 Å². The van der Waals surface area contributed by atoms with Crippen LogP contribution in [0.1, 0.15) is 15.9 Å². The lowest BCUT2D eigenvalue weighted by Crippen LogP contribution is -2.23. The number of ether oxygens (including phenoxy) is 1. The van der Waals surface area contributed by atoms with Crippen molar-refractivity contribution in [2.45, 2.75) is 6.54 Å². The molecule has 1 amide bonds. The van der Waals surface area contributed by atoms with Crippen LogP contribution in [0.2, 0.25) is 0 Å². The lowest BCUT2D eigenvalue weighted by molar-refractivity contribution is 0.104. The molecule has 0 radical (unpaired) electrons. The monoisotopic (exact) mass is 231 g/mol. The second-order valence-corrected chi connectivity index (χ2v) is 3.80. The fourth-order valence-corrected chi connectivity index (χ4v) is 1.73. The smallest absolute Gasteiger partial charge is 0.410 e. The SMILES string of the molecule is C=CC(=O)c1cccc(CN2CCOC2=O)c1. The molecule has 1 heterocycles. The molecule has 0 atom stereocenters. The minimum absolute atomic E-state index is 0.115. The first kappa shape index (κ1) is 11.4. The van der Waals surface area contributed by atoms with Gasteiger partial charge in [0.25, 0.3) is 0 Å². The van der Waals surface area contributed by atoms with E-state index >= 15 is 0 Å². The molecule has 2 rings (SSSR count). The predicted octanol–water partition coefficient (Wildman–Crippen LogP) is 2.01. The van der Waals surface area contributed by atoms with Crippen LogP contribution in [-0.2, 0) is 11.3 Å². The van der Waals surface area contributed by atoms with Gasteiger partial charge in [-0.2, -0.15) is 0 Å². The Hall–Kier alpha value is -2.10. The second kappa shape index (κ2) is 4.82. The summed E-state index contributed by atoms with van der Waals surface area (Å²) in [6.07, 6.45) is 0.980. The minimum atomic E-state index is -0.301. The topological polar surface area (TPSA) is 46.6 Å². The third-order valence-electron chi connectivity index (χ3n) is 2.62. The zero-order chi connectivity index (χ0) is 12.3. The van der Waals surface area contributed by atoms with Gasteiger partial charge in [0.05, 0.1) is 6.54 Å². The van der Waals surface area contributed by atoms with Gasteiger partial charge < -0.3 is 9.64 Å². The molecule has 17 heavy (non-hydrogen) atoms. The molecule has 1 saturated heterocycles. The van der Waals surface area contributed by atoms with Gasteiger partial charge in [-0.25, -0.2) is 4.79 Å². The quantitative estimate of drug-likeness (QED) is 0.588. The summed E-state index contributed by atoms with van der Waals surface area (Å²) in [4.78, 5) is 24.3. The number of hydrogen-bond donors (Lipinski definition) is 0. The van der Waals surface area contributed by atoms with E-state index in [1.54, 1.807) is 23.1 Å². The third kappa shape index (κ3) is 2.53. The summed E-state index contributed by atoms with van der Waals surface area (Å²) in [5.41, 5.74) is 1.50. The Morgan fingerprint density at radius 1 is 1.53 bits per heavy atom. The number of carbonyl (C=O) groups is 2. The Kier molecular flexibility index (Phi) is 3.23. The van der Waals surface area contributed by atoms with E-state index < -0.39 is 0 Å². The van der Waals surface area contributed by atoms with Crippen molar-refractivity contribution in [3.05, 3.63) is 48.0 Å². The first-order valence-electron chi connectivity index (χ1n) is 5.38. The van der Waals surface area contributed by atoms with E-state index in [4.69, 9.17) is 4.74 Å². The number of allylic oxidation sites excluding steroid dienone is 1. The van der Waals surface area contributed by atoms with Gasteiger partial charge in [0.1, 0.15) is 6.61 Å². The fourth-order valence-electron chi connectivity index (χ4n) is 1.73. The number of cyclic esters (lactones) is 1. The highest BCUT2D eigenvalue weighted by molar-refractivity contribution is 6.04. The standard InChI is InChI=1S/C13H13NO3/c1-2-12(15)11-5-3-4-10(8-11)9-14-6-7-17-13(14)16/h2-5,8H,1,6-7,9H2. The molecule has 88 valence electrons. The van der Waals surface area contributed by atoms with E-state index in [-0.39, 0.29) is 11.9 Å². The Labute approximate surface area is 99.5 Å². The first-order chi connectivity index (χ1) is 8.20. The average Bonchev–Trinajstić information content (AvgIpc) is 2.74. The number of carbonyl (C=O) groups excluding carboxylic acids is 2. The molecule has 1 aliphatic heterocycles. The maximum Gasteiger partial charge on any atom is 0.410 e. The van der Waals surface area contributed by atoms with Crippen molar-refractivity contribution < 1.29 is 14.3 Å². The van der Waals surface area contributed by atoms with E-state index in [2.05, 4.69) is 6.58 Å². The molecule has 0 aromatic heterocycles. The highest BCUT2D eigenvalue weighted by Crippen LogP contribution is 2.12. The van der Waals surface area contributed by atoms with Gasteiger partial charge in [-0.1, -0.05) is 24.8 Å². The van der Waals surface area contributed by atoms with Gasteiger partial charge in [-0.15, -0.1) is 0 Å². The van der Waals surface area contributed by atoms with Crippen LogP contribution >= 0.6 is 0 Å². The van der Waals surface area contributed by atoms with Crippen molar-refractivity contribution in [3.8, 4) is 0 Å². The average molecular weight is 231 g/mol. The molecule has 1 fully saturated rings. The number of ketones is 1. The van der Waals surface area contributed by atoms with E-state index in [0.717, 1.165) is 5.56 Å². The molecule has 4 nitrogen and oxygen atoms in total. The van der Waals surface area contributed by atoms with Gasteiger partial charge in [-0.3, -0.25) is 4.79 Å². The highest BCUT2D eigenvalue weighted by atomic mass is 16.6. The predicted molar refractivity (Wildman–Crippen MR) is 62.7 cm³/mol. The maximum atomic E-state index is 11.4. The molecule has 1 aromatic rings. The van der Waals surface area contributed by atoms with Crippen LogP contribution in [0, 0.1) is 0 Å². The van der Waals surface area contributed by atoms with E-state index in [9.17, 15) is 9.59 Å². The van der Waals surface area contributed by atoms with Gasteiger partial charge in [0.15, 0.2) is 5.78 Å². The van der Waals surface area contributed by atoms with Crippen LogP contribution in [0.15, 0.2) is 36.9 Å². The maximum absolute atomic E-state index is 11.4. The van der Waals surface area contributed by atoms with Crippen molar-refractivity contribution in [1.82, 2.24) is 4.90 Å². The first-order valence-corrected chi connectivity index (χ1v) is 5.38. The normalized spacial score (nSPS) is 14.6. The molecule has 0 aliphatic carbocycles. The number of rotatable bonds is 4. The summed E-state index contributed by atoms with van der Waals surface area (Å²) in [6, 6.07) is 7.18. The van der Waals surface area contributed by atoms with Crippen LogP contribution in [0.3, 0.4) is 0 Å². The Morgan fingerprint density at radius 2 is 2.35 bits per heavy atom. The molecule has 1 aromatic carbocycles. The zero-order valence-corrected chi connectivity index (χ0v) is 9.39. The number of amides is 1. The summed E-state index contributed by atoms with van der Waals surface area (Å²) in [6.45, 7) is 4.95. The van der Waals surface area contributed by atoms with Crippen molar-refractivity contribution >= 4 is 11.9 Å². The molecular formula is C13H13NO3. The summed E-state index contributed by atoms with van der Waals surface area (Å²) in [5.74, 6) is -0.115. The Balaban J connectivity index is 2.13. The Bertz CT molecular complexity index is 467. The zero-order valence-electron chi connectivity index (χ0n) is 9.39. The molecule has 0 unspecified atom stereocenters. The van der Waals surface area contributed by atoms with Crippen LogP contribution in [0.4, 0.5) is 4.79 Å². The summed E-state index contributed by atoms with van der Waals surface area (Å²) in [5, 5.41) is 0. The van der Waals surface area contributed by atoms with Gasteiger partial charge >= 0.3 is 6.09 Å². The second-order valence-electron chi connectivity index (χ2n) is 3.80. The minimum Gasteiger partial charge on any atom is -0.448 e. The van der Waals surface area contributed by atoms with Gasteiger partial charge in [0, 0.05) is 12.1 Å². The van der Waals surface area contributed by atoms with E-state index in [0.29, 0.717) is 25.3 Å². The molecule has 0 saturated carbocycles. The number of nitrogens with zero attached hydrogens (tertiary/aromatic N) is 1. The Morgan fingerprint density at radius 3 is 3.00 bits per heavy atom. The molecule has 1 aliphatic rings. The highest BCUT2D eigenvalue weighted by Gasteiger charge is 2.21. The third-order valence-corrected chi connectivity index (χ3v) is 2.62. The van der Waals surface area contributed by atoms with Gasteiger partial charge in [0.2, 0.25) is 0 Å². The fraction of sp³-hybridized carbons (Fsp3) is 0.231. The lowest BCUT2D eigenvalue weighted by Gasteiger charge is -2.12. The largest absolute Gasteiger partial charge is 0.448 e. The molecule has 0 N–H and O–H groups in total. The van der Waals surface area contributed by atoms with Crippen molar-refractivity contribution in [2.75, 3.05) is 13.2 Å². The van der Waals surface area contributed by atoms with Crippen molar-refractivity contribution in [3.63, 3.8) is 0 Å². The summed E-state index contributed by atoms with van der Waals surface area (Å²) >= 11 is 0. The van der Waals surface area contributed by atoms with Crippen LogP contribution < -0.4 is 0 Å². The number of benzene rings is 1. The lowest BCUT2D eigenvalue weighted by atomic mass is 10.1. The van der Waals surface area contributed by atoms with E-state index in [1.807, 2.05) is 6.07 Å². The molecular weight excluding hydrogens is 218 g/mol. The van der Waals surface area contributed by atoms with Gasteiger partial charge in [-0.05, 0) is 17.7 Å². The van der Waals surface area contributed by atoms with Crippen molar-refractivity contribution in [1.29, 1.82) is 0 Å². The summed E-state index contributed by atoms with van der Waals surface area (Å²) in [7, 11) is 0. The number of hydrogen-bond acceptors (Lipinski definition) is 3. The molecule has 4 heteroatoms. The summed E-state index contributed by atoms with van der Waals surface area (Å²) < 4.78 is 4.84. The van der Waals surface area contributed by atoms with E-state index in [1.165, 1.54) is 6.08 Å². The molecule has 0 bridgehead atoms.